The van der Waals surface area contributed by atoms with E-state index in [9.17, 15) is 9.59 Å². The second-order valence-corrected chi connectivity index (χ2v) is 7.41. The number of carbonyl (C=O) groups excluding carboxylic acids is 1. The quantitative estimate of drug-likeness (QED) is 0.495. The molecule has 3 rings (SSSR count). The number of carbonyl (C=O) groups is 1. The molecule has 0 unspecified atom stereocenters. The molecule has 122 valence electrons. The maximum atomic E-state index is 12.5. The lowest BCUT2D eigenvalue weighted by molar-refractivity contribution is -0.119. The Morgan fingerprint density at radius 1 is 1.52 bits per heavy atom. The fourth-order valence-electron chi connectivity index (χ4n) is 2.80. The average Bonchev–Trinajstić information content (AvgIpc) is 3.19. The van der Waals surface area contributed by atoms with Crippen molar-refractivity contribution in [3.05, 3.63) is 34.5 Å². The Bertz CT molecular complexity index is 775. The van der Waals surface area contributed by atoms with Crippen LogP contribution in [-0.2, 0) is 11.3 Å². The molecule has 1 saturated carbocycles. The van der Waals surface area contributed by atoms with Gasteiger partial charge in [-0.3, -0.25) is 14.2 Å². The van der Waals surface area contributed by atoms with Crippen LogP contribution >= 0.6 is 23.1 Å². The van der Waals surface area contributed by atoms with Gasteiger partial charge in [-0.1, -0.05) is 30.7 Å². The van der Waals surface area contributed by atoms with Crippen LogP contribution in [0.5, 0.6) is 0 Å². The first kappa shape index (κ1) is 16.3. The van der Waals surface area contributed by atoms with Crippen molar-refractivity contribution in [2.24, 2.45) is 0 Å². The zero-order valence-corrected chi connectivity index (χ0v) is 14.4. The summed E-state index contributed by atoms with van der Waals surface area (Å²) in [5.41, 5.74) is -0.0742. The summed E-state index contributed by atoms with van der Waals surface area (Å²) in [6, 6.07) is 2.10. The van der Waals surface area contributed by atoms with Crippen molar-refractivity contribution in [1.29, 1.82) is 0 Å². The predicted octanol–water partition coefficient (Wildman–Crippen LogP) is 2.79. The van der Waals surface area contributed by atoms with E-state index in [0.717, 1.165) is 12.8 Å². The Morgan fingerprint density at radius 3 is 3.04 bits per heavy atom. The normalized spacial score (nSPS) is 15.1. The highest BCUT2D eigenvalue weighted by Gasteiger charge is 2.18. The molecule has 1 amide bonds. The smallest absolute Gasteiger partial charge is 0.263 e. The zero-order chi connectivity index (χ0) is 16.2. The third-order valence-electron chi connectivity index (χ3n) is 3.91. The molecule has 7 heteroatoms. The molecule has 0 aliphatic heterocycles. The van der Waals surface area contributed by atoms with Crippen molar-refractivity contribution >= 4 is 39.2 Å². The molecule has 0 aromatic carbocycles. The van der Waals surface area contributed by atoms with Gasteiger partial charge in [0.1, 0.15) is 4.83 Å². The molecule has 0 bridgehead atoms. The Kier molecular flexibility index (Phi) is 5.17. The summed E-state index contributed by atoms with van der Waals surface area (Å²) in [4.78, 5) is 29.8. The molecule has 0 spiro atoms. The van der Waals surface area contributed by atoms with Crippen LogP contribution in [0, 0.1) is 0 Å². The number of thiophene rings is 1. The Morgan fingerprint density at radius 2 is 2.30 bits per heavy atom. The average molecular weight is 349 g/mol. The maximum Gasteiger partial charge on any atom is 0.263 e. The molecule has 1 fully saturated rings. The molecule has 2 heterocycles. The van der Waals surface area contributed by atoms with Gasteiger partial charge in [-0.25, -0.2) is 4.98 Å². The van der Waals surface area contributed by atoms with Crippen molar-refractivity contribution < 1.29 is 4.79 Å². The summed E-state index contributed by atoms with van der Waals surface area (Å²) in [5.74, 6) is 0.282. The van der Waals surface area contributed by atoms with Crippen molar-refractivity contribution in [2.45, 2.75) is 43.4 Å². The van der Waals surface area contributed by atoms with Crippen LogP contribution in [-0.4, -0.2) is 27.3 Å². The number of rotatable bonds is 6. The van der Waals surface area contributed by atoms with Crippen LogP contribution in [0.1, 0.15) is 25.7 Å². The van der Waals surface area contributed by atoms with Crippen LogP contribution in [0.2, 0.25) is 0 Å². The number of aromatic nitrogens is 2. The van der Waals surface area contributed by atoms with E-state index in [1.54, 1.807) is 16.7 Å². The van der Waals surface area contributed by atoms with E-state index in [1.807, 2.05) is 5.38 Å². The molecule has 1 N–H and O–H groups in total. The van der Waals surface area contributed by atoms with Crippen LogP contribution < -0.4 is 10.9 Å². The lowest BCUT2D eigenvalue weighted by atomic mass is 10.2. The molecule has 2 aromatic rings. The van der Waals surface area contributed by atoms with Crippen molar-refractivity contribution in [3.63, 3.8) is 0 Å². The molecule has 2 aromatic heterocycles. The number of hydrogen-bond acceptors (Lipinski definition) is 5. The number of nitrogens with one attached hydrogen (secondary N) is 1. The minimum Gasteiger partial charge on any atom is -0.353 e. The maximum absolute atomic E-state index is 12.5. The minimum absolute atomic E-state index is 0.00702. The fourth-order valence-corrected chi connectivity index (χ4v) is 4.42. The molecule has 0 radical (unpaired) electrons. The van der Waals surface area contributed by atoms with Gasteiger partial charge in [0.2, 0.25) is 5.91 Å². The molecule has 0 saturated heterocycles. The van der Waals surface area contributed by atoms with E-state index in [1.165, 1.54) is 35.9 Å². The van der Waals surface area contributed by atoms with Gasteiger partial charge in [0, 0.05) is 12.6 Å². The van der Waals surface area contributed by atoms with Gasteiger partial charge in [0.05, 0.1) is 11.1 Å². The highest BCUT2D eigenvalue weighted by molar-refractivity contribution is 7.99. The molecular weight excluding hydrogens is 330 g/mol. The van der Waals surface area contributed by atoms with E-state index < -0.39 is 0 Å². The fraction of sp³-hybridized carbons (Fsp3) is 0.438. The Balaban J connectivity index is 1.75. The third kappa shape index (κ3) is 3.67. The highest BCUT2D eigenvalue weighted by atomic mass is 32.2. The van der Waals surface area contributed by atoms with Crippen molar-refractivity contribution in [2.75, 3.05) is 5.75 Å². The SMILES string of the molecule is C=CCn1c(SCC(=O)NC2CCCC2)nc2sccc2c1=O. The van der Waals surface area contributed by atoms with Gasteiger partial charge in [0.15, 0.2) is 5.16 Å². The second kappa shape index (κ2) is 7.31. The van der Waals surface area contributed by atoms with E-state index in [4.69, 9.17) is 0 Å². The Labute approximate surface area is 142 Å². The largest absolute Gasteiger partial charge is 0.353 e. The molecule has 23 heavy (non-hydrogen) atoms. The predicted molar refractivity (Wildman–Crippen MR) is 95.2 cm³/mol. The van der Waals surface area contributed by atoms with Crippen molar-refractivity contribution in [3.8, 4) is 0 Å². The second-order valence-electron chi connectivity index (χ2n) is 5.58. The number of amides is 1. The first-order valence-electron chi connectivity index (χ1n) is 7.70. The third-order valence-corrected chi connectivity index (χ3v) is 5.70. The van der Waals surface area contributed by atoms with Gasteiger partial charge in [-0.05, 0) is 24.3 Å². The summed E-state index contributed by atoms with van der Waals surface area (Å²) in [6.45, 7) is 4.09. The molecule has 0 atom stereocenters. The van der Waals surface area contributed by atoms with Crippen LogP contribution in [0.25, 0.3) is 10.2 Å². The summed E-state index contributed by atoms with van der Waals surface area (Å²) in [7, 11) is 0. The minimum atomic E-state index is -0.0742. The summed E-state index contributed by atoms with van der Waals surface area (Å²) in [6.07, 6.45) is 6.18. The molecule has 1 aliphatic rings. The van der Waals surface area contributed by atoms with E-state index in [-0.39, 0.29) is 17.2 Å². The van der Waals surface area contributed by atoms with Crippen LogP contribution in [0.4, 0.5) is 0 Å². The summed E-state index contributed by atoms with van der Waals surface area (Å²) >= 11 is 2.75. The van der Waals surface area contributed by atoms with Gasteiger partial charge >= 0.3 is 0 Å². The Hall–Kier alpha value is -1.60. The van der Waals surface area contributed by atoms with E-state index in [2.05, 4.69) is 16.9 Å². The first-order chi connectivity index (χ1) is 11.2. The topological polar surface area (TPSA) is 64.0 Å². The number of fused-ring (bicyclic) bond motifs is 1. The first-order valence-corrected chi connectivity index (χ1v) is 9.56. The van der Waals surface area contributed by atoms with Gasteiger partial charge in [0.25, 0.3) is 5.56 Å². The zero-order valence-electron chi connectivity index (χ0n) is 12.8. The van der Waals surface area contributed by atoms with Crippen LogP contribution in [0.15, 0.2) is 34.1 Å². The number of thioether (sulfide) groups is 1. The highest BCUT2D eigenvalue weighted by Crippen LogP contribution is 2.22. The lowest BCUT2D eigenvalue weighted by Gasteiger charge is -2.13. The van der Waals surface area contributed by atoms with Gasteiger partial charge < -0.3 is 5.32 Å². The summed E-state index contributed by atoms with van der Waals surface area (Å²) < 4.78 is 1.58. The van der Waals surface area contributed by atoms with E-state index in [0.29, 0.717) is 28.0 Å². The summed E-state index contributed by atoms with van der Waals surface area (Å²) in [5, 5.41) is 6.11. The molecular formula is C16H19N3O2S2. The lowest BCUT2D eigenvalue weighted by Crippen LogP contribution is -2.34. The monoisotopic (exact) mass is 349 g/mol. The van der Waals surface area contributed by atoms with E-state index >= 15 is 0 Å². The number of hydrogen-bond donors (Lipinski definition) is 1. The van der Waals surface area contributed by atoms with Crippen LogP contribution in [0.3, 0.4) is 0 Å². The van der Waals surface area contributed by atoms with Crippen molar-refractivity contribution in [1.82, 2.24) is 14.9 Å². The van der Waals surface area contributed by atoms with Gasteiger partial charge in [-0.2, -0.15) is 0 Å². The molecule has 1 aliphatic carbocycles. The van der Waals surface area contributed by atoms with Gasteiger partial charge in [-0.15, -0.1) is 17.9 Å². The number of allylic oxidation sites excluding steroid dienone is 1. The standard InChI is InChI=1S/C16H19N3O2S2/c1-2-8-19-15(21)12-7-9-22-14(12)18-16(19)23-10-13(20)17-11-5-3-4-6-11/h2,7,9,11H,1,3-6,8,10H2,(H,17,20). The number of nitrogens with zero attached hydrogens (tertiary/aromatic N) is 2. The molecule has 5 nitrogen and oxygen atoms in total.